The van der Waals surface area contributed by atoms with Crippen LogP contribution in [-0.4, -0.2) is 41.6 Å². The lowest BCUT2D eigenvalue weighted by Gasteiger charge is -2.23. The molecule has 1 atom stereocenters. The minimum Gasteiger partial charge on any atom is -0.327 e. The van der Waals surface area contributed by atoms with E-state index in [4.69, 9.17) is 9.97 Å². The fourth-order valence-electron chi connectivity index (χ4n) is 3.70. The van der Waals surface area contributed by atoms with E-state index in [0.29, 0.717) is 5.92 Å². The lowest BCUT2D eigenvalue weighted by molar-refractivity contribution is 0.454. The molecule has 0 radical (unpaired) electrons. The van der Waals surface area contributed by atoms with Crippen LogP contribution in [0.5, 0.6) is 0 Å². The molecule has 1 fully saturated rings. The predicted molar refractivity (Wildman–Crippen MR) is 123 cm³/mol. The van der Waals surface area contributed by atoms with Gasteiger partial charge in [-0.3, -0.25) is 9.08 Å². The summed E-state index contributed by atoms with van der Waals surface area (Å²) in [6.07, 6.45) is 10.2. The molecule has 8 nitrogen and oxygen atoms in total. The zero-order valence-corrected chi connectivity index (χ0v) is 19.2. The van der Waals surface area contributed by atoms with Crippen molar-refractivity contribution in [1.82, 2.24) is 33.8 Å². The van der Waals surface area contributed by atoms with Crippen molar-refractivity contribution < 1.29 is 0 Å². The largest absolute Gasteiger partial charge is 0.327 e. The number of aryl methyl sites for hydroxylation is 2. The minimum absolute atomic E-state index is 0.389. The van der Waals surface area contributed by atoms with Gasteiger partial charge in [-0.1, -0.05) is 0 Å². The Labute approximate surface area is 186 Å². The van der Waals surface area contributed by atoms with Crippen molar-refractivity contribution >= 4 is 50.6 Å². The van der Waals surface area contributed by atoms with Gasteiger partial charge in [0.15, 0.2) is 11.5 Å². The summed E-state index contributed by atoms with van der Waals surface area (Å²) < 4.78 is 9.52. The molecule has 0 saturated carbocycles. The monoisotopic (exact) mass is 520 g/mol. The summed E-state index contributed by atoms with van der Waals surface area (Å²) in [5.41, 5.74) is 4.96. The second-order valence-corrected chi connectivity index (χ2v) is 9.19. The lowest BCUT2D eigenvalue weighted by atomic mass is 9.96. The summed E-state index contributed by atoms with van der Waals surface area (Å²) >= 11 is 3.79. The number of halogens is 1. The Morgan fingerprint density at radius 1 is 1.31 bits per heavy atom. The maximum atomic E-state index is 5.00. The quantitative estimate of drug-likeness (QED) is 0.400. The van der Waals surface area contributed by atoms with Gasteiger partial charge in [0.25, 0.3) is 0 Å². The number of piperidine rings is 1. The Hall–Kier alpha value is -2.05. The van der Waals surface area contributed by atoms with E-state index in [-0.39, 0.29) is 0 Å². The van der Waals surface area contributed by atoms with Crippen LogP contribution in [0.15, 0.2) is 24.8 Å². The first kappa shape index (κ1) is 18.9. The van der Waals surface area contributed by atoms with E-state index in [1.165, 1.54) is 18.0 Å². The normalized spacial score (nSPS) is 17.1. The molecule has 1 saturated heterocycles. The molecule has 0 aromatic carbocycles. The Morgan fingerprint density at radius 2 is 2.21 bits per heavy atom. The molecule has 5 heterocycles. The van der Waals surface area contributed by atoms with E-state index in [1.54, 1.807) is 0 Å². The van der Waals surface area contributed by atoms with E-state index in [9.17, 15) is 0 Å². The van der Waals surface area contributed by atoms with Crippen LogP contribution in [-0.2, 0) is 7.05 Å². The lowest BCUT2D eigenvalue weighted by Crippen LogP contribution is -2.29. The number of fused-ring (bicyclic) bond motifs is 1. The fraction of sp³-hybridized carbons (Fsp3) is 0.368. The maximum absolute atomic E-state index is 5.00. The Bertz CT molecular complexity index is 1170. The van der Waals surface area contributed by atoms with Crippen LogP contribution < -0.4 is 10.6 Å². The van der Waals surface area contributed by atoms with Gasteiger partial charge in [-0.2, -0.15) is 9.47 Å². The van der Waals surface area contributed by atoms with Gasteiger partial charge in [0.2, 0.25) is 0 Å². The van der Waals surface area contributed by atoms with Crippen molar-refractivity contribution in [3.8, 4) is 11.3 Å². The molecule has 1 aliphatic heterocycles. The van der Waals surface area contributed by atoms with Crippen LogP contribution in [0.1, 0.15) is 30.1 Å². The molecule has 10 heteroatoms. The van der Waals surface area contributed by atoms with Gasteiger partial charge in [-0.05, 0) is 60.4 Å². The number of hydrogen-bond donors (Lipinski definition) is 2. The number of nitrogens with zero attached hydrogens (tertiary/aromatic N) is 6. The minimum atomic E-state index is 0.389. The molecule has 0 spiro atoms. The van der Waals surface area contributed by atoms with Crippen LogP contribution in [0.4, 0.5) is 10.8 Å². The van der Waals surface area contributed by atoms with Crippen molar-refractivity contribution in [2.24, 2.45) is 7.05 Å². The van der Waals surface area contributed by atoms with Crippen LogP contribution >= 0.6 is 34.1 Å². The highest BCUT2D eigenvalue weighted by atomic mass is 127. The number of aromatic nitrogens is 6. The van der Waals surface area contributed by atoms with Crippen LogP contribution in [0, 0.1) is 10.5 Å². The Kier molecular flexibility index (Phi) is 5.00. The van der Waals surface area contributed by atoms with Gasteiger partial charge in [0.1, 0.15) is 5.00 Å². The summed E-state index contributed by atoms with van der Waals surface area (Å²) in [6.45, 7) is 4.05. The van der Waals surface area contributed by atoms with Gasteiger partial charge in [0.05, 0.1) is 33.0 Å². The van der Waals surface area contributed by atoms with Gasteiger partial charge in [-0.15, -0.1) is 0 Å². The second-order valence-electron chi connectivity index (χ2n) is 7.33. The third-order valence-corrected chi connectivity index (χ3v) is 7.79. The van der Waals surface area contributed by atoms with Crippen molar-refractivity contribution in [3.63, 3.8) is 0 Å². The third-order valence-electron chi connectivity index (χ3n) is 5.25. The topological polar surface area (TPSA) is 85.0 Å². The molecule has 1 unspecified atom stereocenters. The van der Waals surface area contributed by atoms with Crippen molar-refractivity contribution in [2.75, 3.05) is 18.4 Å². The zero-order valence-electron chi connectivity index (χ0n) is 16.2. The van der Waals surface area contributed by atoms with E-state index >= 15 is 0 Å². The predicted octanol–water partition coefficient (Wildman–Crippen LogP) is 3.71. The molecule has 5 rings (SSSR count). The summed E-state index contributed by atoms with van der Waals surface area (Å²) in [7, 11) is 1.93. The number of anilines is 2. The average Bonchev–Trinajstić information content (AvgIpc) is 3.43. The van der Waals surface area contributed by atoms with Crippen LogP contribution in [0.2, 0.25) is 0 Å². The Balaban J connectivity index is 1.65. The molecule has 0 bridgehead atoms. The first-order valence-corrected chi connectivity index (χ1v) is 11.4. The van der Waals surface area contributed by atoms with Gasteiger partial charge >= 0.3 is 0 Å². The van der Waals surface area contributed by atoms with Crippen molar-refractivity contribution in [3.05, 3.63) is 39.7 Å². The molecule has 4 aromatic rings. The van der Waals surface area contributed by atoms with E-state index in [1.807, 2.05) is 37.2 Å². The second kappa shape index (κ2) is 7.65. The molecule has 2 N–H and O–H groups in total. The molecule has 1 aliphatic rings. The number of hydrogen-bond acceptors (Lipinski definition) is 7. The van der Waals surface area contributed by atoms with Gasteiger partial charge in [0, 0.05) is 37.5 Å². The Morgan fingerprint density at radius 3 is 2.90 bits per heavy atom. The maximum Gasteiger partial charge on any atom is 0.180 e. The first-order valence-electron chi connectivity index (χ1n) is 9.56. The zero-order chi connectivity index (χ0) is 20.0. The van der Waals surface area contributed by atoms with Crippen LogP contribution in [0.3, 0.4) is 0 Å². The summed E-state index contributed by atoms with van der Waals surface area (Å²) in [4.78, 5) is 9.69. The summed E-state index contributed by atoms with van der Waals surface area (Å²) in [5.74, 6) is 1.16. The number of imidazole rings is 1. The van der Waals surface area contributed by atoms with E-state index in [0.717, 1.165) is 62.2 Å². The van der Waals surface area contributed by atoms with Crippen LogP contribution in [0.25, 0.3) is 16.9 Å². The molecule has 0 amide bonds. The third kappa shape index (κ3) is 3.53. The number of rotatable bonds is 4. The summed E-state index contributed by atoms with van der Waals surface area (Å²) in [6, 6.07) is 0. The molecule has 0 aliphatic carbocycles. The van der Waals surface area contributed by atoms with E-state index < -0.39 is 0 Å². The van der Waals surface area contributed by atoms with Crippen molar-refractivity contribution in [2.45, 2.75) is 25.7 Å². The standard InChI is InChI=1S/C19H21IN8S/c1-11-16(20)19(29-26-11)25-17-18-22-8-15(13-7-23-27(2)9-13)28(18)10-14(24-17)12-4-3-5-21-6-12/h7-10,12,21H,3-6H2,1-2H3,(H,24,25). The highest BCUT2D eigenvalue weighted by Gasteiger charge is 2.21. The van der Waals surface area contributed by atoms with E-state index in [2.05, 4.69) is 53.3 Å². The first-order chi connectivity index (χ1) is 14.1. The fourth-order valence-corrected chi connectivity index (χ4v) is 5.11. The molecule has 29 heavy (non-hydrogen) atoms. The molecule has 150 valence electrons. The molecular formula is C19H21IN8S. The van der Waals surface area contributed by atoms with Gasteiger partial charge < -0.3 is 10.6 Å². The SMILES string of the molecule is Cc1nsc(Nc2nc(C3CCCNC3)cn3c(-c4cnn(C)c4)cnc23)c1I. The highest BCUT2D eigenvalue weighted by Crippen LogP contribution is 2.33. The highest BCUT2D eigenvalue weighted by molar-refractivity contribution is 14.1. The molecule has 4 aromatic heterocycles. The average molecular weight is 520 g/mol. The summed E-state index contributed by atoms with van der Waals surface area (Å²) in [5, 5.41) is 12.3. The van der Waals surface area contributed by atoms with Crippen molar-refractivity contribution in [1.29, 1.82) is 0 Å². The molecular weight excluding hydrogens is 499 g/mol. The number of nitrogens with one attached hydrogen (secondary N) is 2. The van der Waals surface area contributed by atoms with Gasteiger partial charge in [-0.25, -0.2) is 9.97 Å². The smallest absolute Gasteiger partial charge is 0.180 e.